The lowest BCUT2D eigenvalue weighted by Crippen LogP contribution is -2.34. The molecule has 1 amide bonds. The number of ether oxygens (including phenoxy) is 2. The summed E-state index contributed by atoms with van der Waals surface area (Å²) in [5, 5.41) is 10.8. The van der Waals surface area contributed by atoms with Crippen molar-refractivity contribution in [3.63, 3.8) is 0 Å². The summed E-state index contributed by atoms with van der Waals surface area (Å²) >= 11 is 12.3. The van der Waals surface area contributed by atoms with Crippen LogP contribution in [0.1, 0.15) is 48.5 Å². The SMILES string of the molecule is CCOC(=O)N(/C(OC)=C(\C#N)C[P+](C(C)C)(C(C)C)C(C)C)c1ccc(Cl)c(Cl)c1.O=S(=O)([O-])C(F)(F)F. The molecule has 0 radical (unpaired) electrons. The second-order valence-corrected chi connectivity index (χ2v) is 16.7. The Morgan fingerprint density at radius 2 is 1.56 bits per heavy atom. The molecule has 0 N–H and O–H groups in total. The van der Waals surface area contributed by atoms with Crippen LogP contribution in [0.5, 0.6) is 0 Å². The molecule has 0 aliphatic carbocycles. The molecule has 222 valence electrons. The summed E-state index contributed by atoms with van der Waals surface area (Å²) in [5.41, 5.74) is -3.57. The Bertz CT molecular complexity index is 1150. The maximum Gasteiger partial charge on any atom is 0.485 e. The highest BCUT2D eigenvalue weighted by Crippen LogP contribution is 2.71. The molecule has 1 aromatic carbocycles. The average molecular weight is 637 g/mol. The monoisotopic (exact) mass is 636 g/mol. The largest absolute Gasteiger partial charge is 0.741 e. The van der Waals surface area contributed by atoms with E-state index in [0.717, 1.165) is 0 Å². The highest BCUT2D eigenvalue weighted by atomic mass is 35.5. The Balaban J connectivity index is 0.00000156. The van der Waals surface area contributed by atoms with Crippen LogP contribution in [0.3, 0.4) is 0 Å². The van der Waals surface area contributed by atoms with Crippen molar-refractivity contribution in [2.24, 2.45) is 0 Å². The van der Waals surface area contributed by atoms with E-state index >= 15 is 0 Å². The molecular formula is C24H34Cl2F3N2O6PS. The number of benzene rings is 1. The number of nitrogens with zero attached hydrogens (tertiary/aromatic N) is 2. The topological polar surface area (TPSA) is 120 Å². The zero-order valence-corrected chi connectivity index (χ0v) is 26.2. The van der Waals surface area contributed by atoms with Crippen LogP contribution in [0.2, 0.25) is 10.0 Å². The van der Waals surface area contributed by atoms with E-state index in [4.69, 9.17) is 45.6 Å². The first kappa shape index (κ1) is 37.2. The first-order valence-electron chi connectivity index (χ1n) is 11.7. The van der Waals surface area contributed by atoms with Crippen molar-refractivity contribution >= 4 is 52.4 Å². The van der Waals surface area contributed by atoms with Crippen LogP contribution in [0.4, 0.5) is 23.7 Å². The van der Waals surface area contributed by atoms with Crippen molar-refractivity contribution in [3.8, 4) is 6.07 Å². The number of methoxy groups -OCH3 is 1. The summed E-state index contributed by atoms with van der Waals surface area (Å²) in [6.07, 6.45) is -0.0789. The van der Waals surface area contributed by atoms with Gasteiger partial charge in [0.15, 0.2) is 10.1 Å². The van der Waals surface area contributed by atoms with Gasteiger partial charge in [-0.3, -0.25) is 0 Å². The minimum absolute atomic E-state index is 0.158. The number of alkyl halides is 3. The fourth-order valence-electron chi connectivity index (χ4n) is 4.23. The minimum atomic E-state index is -6.09. The predicted molar refractivity (Wildman–Crippen MR) is 149 cm³/mol. The Labute approximate surface area is 239 Å². The summed E-state index contributed by atoms with van der Waals surface area (Å²) in [6.45, 7) is 15.2. The standard InChI is InChI=1S/C23H34Cl2N2O3P.CHF3O3S/c1-9-30-23(28)27(19-10-11-20(24)21(25)12-19)22(29-8)18(13-26)14-31(15(2)3,16(4)5)17(6)7;2-1(3,4)8(5,6)7/h10-12,15-17H,9,14H2,1-8H3;(H,5,6,7)/q+1;/p-1/b22-18-;. The number of hydrogen-bond donors (Lipinski definition) is 0. The molecule has 0 spiro atoms. The van der Waals surface area contributed by atoms with Gasteiger partial charge in [0, 0.05) is 7.26 Å². The number of halogens is 5. The number of anilines is 1. The van der Waals surface area contributed by atoms with E-state index in [1.807, 2.05) is 0 Å². The second-order valence-electron chi connectivity index (χ2n) is 9.07. The molecule has 0 bridgehead atoms. The molecule has 0 aliphatic heterocycles. The van der Waals surface area contributed by atoms with Crippen molar-refractivity contribution in [1.82, 2.24) is 0 Å². The predicted octanol–water partition coefficient (Wildman–Crippen LogP) is 7.63. The summed E-state index contributed by atoms with van der Waals surface area (Å²) < 4.78 is 69.8. The van der Waals surface area contributed by atoms with Gasteiger partial charge in [0.1, 0.15) is 17.8 Å². The summed E-state index contributed by atoms with van der Waals surface area (Å²) in [4.78, 5) is 14.2. The van der Waals surface area contributed by atoms with Crippen LogP contribution in [0.25, 0.3) is 0 Å². The van der Waals surface area contributed by atoms with Crippen molar-refractivity contribution in [1.29, 1.82) is 5.26 Å². The molecule has 0 fully saturated rings. The number of carbonyl (C=O) groups excluding carboxylic acids is 1. The van der Waals surface area contributed by atoms with E-state index in [0.29, 0.717) is 39.4 Å². The lowest BCUT2D eigenvalue weighted by Gasteiger charge is -2.38. The van der Waals surface area contributed by atoms with Crippen LogP contribution in [0, 0.1) is 11.3 Å². The first-order chi connectivity index (χ1) is 17.7. The van der Waals surface area contributed by atoms with Gasteiger partial charge in [-0.1, -0.05) is 23.2 Å². The van der Waals surface area contributed by atoms with Gasteiger partial charge in [-0.25, -0.2) is 18.1 Å². The minimum Gasteiger partial charge on any atom is -0.741 e. The first-order valence-corrected chi connectivity index (χ1v) is 16.1. The lowest BCUT2D eigenvalue weighted by atomic mass is 10.2. The highest BCUT2D eigenvalue weighted by molar-refractivity contribution is 7.86. The highest BCUT2D eigenvalue weighted by Gasteiger charge is 2.49. The average Bonchev–Trinajstić information content (AvgIpc) is 2.79. The molecule has 0 unspecified atom stereocenters. The zero-order valence-electron chi connectivity index (χ0n) is 23.0. The molecular weight excluding hydrogens is 603 g/mol. The fraction of sp³-hybridized carbons (Fsp3) is 0.583. The Hall–Kier alpha value is -1.77. The van der Waals surface area contributed by atoms with Crippen LogP contribution in [-0.2, 0) is 19.6 Å². The molecule has 0 heterocycles. The molecule has 1 rings (SSSR count). The van der Waals surface area contributed by atoms with Crippen LogP contribution >= 0.6 is 30.5 Å². The van der Waals surface area contributed by atoms with Gasteiger partial charge in [-0.15, -0.1) is 0 Å². The van der Waals surface area contributed by atoms with E-state index in [2.05, 4.69) is 47.6 Å². The maximum atomic E-state index is 12.9. The number of amides is 1. The number of nitriles is 1. The fourth-order valence-corrected chi connectivity index (χ4v) is 9.95. The van der Waals surface area contributed by atoms with Gasteiger partial charge in [0.2, 0.25) is 5.88 Å². The quantitative estimate of drug-likeness (QED) is 0.0898. The van der Waals surface area contributed by atoms with Crippen molar-refractivity contribution < 1.29 is 40.4 Å². The molecule has 0 atom stereocenters. The van der Waals surface area contributed by atoms with Gasteiger partial charge in [-0.2, -0.15) is 18.4 Å². The Kier molecular flexibility index (Phi) is 14.6. The summed E-state index contributed by atoms with van der Waals surface area (Å²) in [7, 11) is -6.27. The second kappa shape index (κ2) is 15.3. The van der Waals surface area contributed by atoms with Crippen LogP contribution in [0.15, 0.2) is 29.7 Å². The molecule has 0 aromatic heterocycles. The van der Waals surface area contributed by atoms with Gasteiger partial charge >= 0.3 is 11.6 Å². The van der Waals surface area contributed by atoms with Crippen molar-refractivity contribution in [2.75, 3.05) is 24.8 Å². The molecule has 8 nitrogen and oxygen atoms in total. The van der Waals surface area contributed by atoms with Crippen LogP contribution in [-0.4, -0.2) is 61.4 Å². The van der Waals surface area contributed by atoms with Gasteiger partial charge < -0.3 is 14.0 Å². The number of allylic oxidation sites excluding steroid dienone is 1. The Morgan fingerprint density at radius 3 is 1.87 bits per heavy atom. The van der Waals surface area contributed by atoms with Crippen molar-refractivity contribution in [2.45, 2.75) is 71.0 Å². The molecule has 39 heavy (non-hydrogen) atoms. The third kappa shape index (κ3) is 9.68. The van der Waals surface area contributed by atoms with Crippen LogP contribution < -0.4 is 4.90 Å². The van der Waals surface area contributed by atoms with Gasteiger partial charge in [-0.05, 0) is 66.7 Å². The molecule has 15 heteroatoms. The smallest absolute Gasteiger partial charge is 0.485 e. The number of hydrogen-bond acceptors (Lipinski definition) is 7. The summed E-state index contributed by atoms with van der Waals surface area (Å²) in [6, 6.07) is 7.12. The zero-order chi connectivity index (χ0) is 30.9. The third-order valence-corrected chi connectivity index (χ3v) is 13.9. The van der Waals surface area contributed by atoms with E-state index in [1.54, 1.807) is 25.1 Å². The maximum absolute atomic E-state index is 12.9. The number of rotatable bonds is 9. The van der Waals surface area contributed by atoms with E-state index < -0.39 is 29.0 Å². The van der Waals surface area contributed by atoms with E-state index in [-0.39, 0.29) is 17.5 Å². The molecule has 1 aromatic rings. The Morgan fingerprint density at radius 1 is 1.10 bits per heavy atom. The van der Waals surface area contributed by atoms with Crippen molar-refractivity contribution in [3.05, 3.63) is 39.7 Å². The van der Waals surface area contributed by atoms with Gasteiger partial charge in [0.05, 0.1) is 46.4 Å². The third-order valence-electron chi connectivity index (χ3n) is 6.00. The summed E-state index contributed by atoms with van der Waals surface area (Å²) in [5.74, 6) is 0.158. The number of carbonyl (C=O) groups is 1. The normalized spacial score (nSPS) is 12.9. The van der Waals surface area contributed by atoms with E-state index in [1.165, 1.54) is 12.0 Å². The molecule has 0 aliphatic rings. The van der Waals surface area contributed by atoms with Gasteiger partial charge in [0.25, 0.3) is 0 Å². The molecule has 0 saturated heterocycles. The lowest BCUT2D eigenvalue weighted by molar-refractivity contribution is -0.0517. The molecule has 0 saturated carbocycles. The van der Waals surface area contributed by atoms with E-state index in [9.17, 15) is 23.2 Å².